The van der Waals surface area contributed by atoms with E-state index in [1.54, 1.807) is 6.20 Å². The van der Waals surface area contributed by atoms with Gasteiger partial charge < -0.3 is 4.90 Å². The van der Waals surface area contributed by atoms with Gasteiger partial charge in [0.2, 0.25) is 5.91 Å². The minimum absolute atomic E-state index is 0.137. The molecule has 2 atom stereocenters. The van der Waals surface area contributed by atoms with Crippen LogP contribution in [0.15, 0.2) is 24.5 Å². The van der Waals surface area contributed by atoms with Crippen LogP contribution in [0.5, 0.6) is 0 Å². The molecule has 1 fully saturated rings. The van der Waals surface area contributed by atoms with E-state index in [9.17, 15) is 4.79 Å². The summed E-state index contributed by atoms with van der Waals surface area (Å²) in [7, 11) is 0. The fourth-order valence-electron chi connectivity index (χ4n) is 2.56. The van der Waals surface area contributed by atoms with Crippen molar-refractivity contribution in [3.63, 3.8) is 0 Å². The van der Waals surface area contributed by atoms with E-state index in [1.165, 1.54) is 6.42 Å². The van der Waals surface area contributed by atoms with E-state index in [1.807, 2.05) is 30.2 Å². The van der Waals surface area contributed by atoms with Crippen molar-refractivity contribution in [2.45, 2.75) is 45.2 Å². The van der Waals surface area contributed by atoms with Gasteiger partial charge in [0.15, 0.2) is 0 Å². The van der Waals surface area contributed by atoms with Gasteiger partial charge in [-0.3, -0.25) is 15.1 Å². The number of hydrogen-bond donors (Lipinski definition) is 1. The summed E-state index contributed by atoms with van der Waals surface area (Å²) in [6.45, 7) is 5.83. The predicted molar refractivity (Wildman–Crippen MR) is 75.7 cm³/mol. The molecule has 2 heterocycles. The standard InChI is InChI=1S/C15H23N3O/c1-12(14-7-6-8-16-11-14)17-13(2)15(19)18-9-4-3-5-10-18/h6-8,11-13,17H,3-5,9-10H2,1-2H3/t12-,13?/m1/s1. The van der Waals surface area contributed by atoms with Crippen LogP contribution >= 0.6 is 0 Å². The molecule has 1 aliphatic rings. The molecule has 0 saturated carbocycles. The number of nitrogens with zero attached hydrogens (tertiary/aromatic N) is 2. The van der Waals surface area contributed by atoms with Crippen LogP contribution in [-0.4, -0.2) is 34.9 Å². The number of aromatic nitrogens is 1. The van der Waals surface area contributed by atoms with E-state index in [4.69, 9.17) is 0 Å². The van der Waals surface area contributed by atoms with Crippen molar-refractivity contribution < 1.29 is 4.79 Å². The first kappa shape index (κ1) is 14.0. The summed E-state index contributed by atoms with van der Waals surface area (Å²) < 4.78 is 0. The van der Waals surface area contributed by atoms with Crippen molar-refractivity contribution in [3.05, 3.63) is 30.1 Å². The summed E-state index contributed by atoms with van der Waals surface area (Å²) >= 11 is 0. The average Bonchev–Trinajstić information content (AvgIpc) is 2.48. The van der Waals surface area contributed by atoms with Crippen molar-refractivity contribution in [3.8, 4) is 0 Å². The van der Waals surface area contributed by atoms with E-state index in [0.717, 1.165) is 31.5 Å². The van der Waals surface area contributed by atoms with Crippen molar-refractivity contribution in [1.82, 2.24) is 15.2 Å². The molecule has 0 spiro atoms. The number of rotatable bonds is 4. The van der Waals surface area contributed by atoms with Crippen molar-refractivity contribution in [2.75, 3.05) is 13.1 Å². The van der Waals surface area contributed by atoms with Gasteiger partial charge in [-0.05, 0) is 44.7 Å². The molecule has 1 N–H and O–H groups in total. The van der Waals surface area contributed by atoms with Crippen molar-refractivity contribution in [2.24, 2.45) is 0 Å². The summed E-state index contributed by atoms with van der Waals surface area (Å²) in [5, 5.41) is 3.36. The number of carbonyl (C=O) groups excluding carboxylic acids is 1. The summed E-state index contributed by atoms with van der Waals surface area (Å²) in [6, 6.07) is 3.94. The highest BCUT2D eigenvalue weighted by Gasteiger charge is 2.23. The Morgan fingerprint density at radius 3 is 2.68 bits per heavy atom. The SMILES string of the molecule is CC(N[C@H](C)c1cccnc1)C(=O)N1CCCCC1. The van der Waals surface area contributed by atoms with Gasteiger partial charge in [-0.2, -0.15) is 0 Å². The van der Waals surface area contributed by atoms with E-state index in [0.29, 0.717) is 0 Å². The number of hydrogen-bond acceptors (Lipinski definition) is 3. The molecule has 0 aliphatic carbocycles. The molecule has 1 aromatic rings. The molecular weight excluding hydrogens is 238 g/mol. The Hall–Kier alpha value is -1.42. The lowest BCUT2D eigenvalue weighted by Gasteiger charge is -2.30. The maximum Gasteiger partial charge on any atom is 0.239 e. The second-order valence-corrected chi connectivity index (χ2v) is 5.28. The normalized spacial score (nSPS) is 18.9. The fraction of sp³-hybridized carbons (Fsp3) is 0.600. The fourth-order valence-corrected chi connectivity index (χ4v) is 2.56. The van der Waals surface area contributed by atoms with Crippen LogP contribution in [-0.2, 0) is 4.79 Å². The Morgan fingerprint density at radius 1 is 1.32 bits per heavy atom. The van der Waals surface area contributed by atoms with E-state index in [-0.39, 0.29) is 18.0 Å². The summed E-state index contributed by atoms with van der Waals surface area (Å²) in [5.74, 6) is 0.218. The average molecular weight is 261 g/mol. The quantitative estimate of drug-likeness (QED) is 0.903. The molecule has 1 saturated heterocycles. The molecule has 1 amide bonds. The van der Waals surface area contributed by atoms with Gasteiger partial charge in [0.1, 0.15) is 0 Å². The number of amides is 1. The monoisotopic (exact) mass is 261 g/mol. The molecule has 0 aromatic carbocycles. The summed E-state index contributed by atoms with van der Waals surface area (Å²) in [4.78, 5) is 18.4. The van der Waals surface area contributed by atoms with Crippen molar-refractivity contribution in [1.29, 1.82) is 0 Å². The predicted octanol–water partition coefficient (Wildman–Crippen LogP) is 2.13. The van der Waals surface area contributed by atoms with Crippen LogP contribution in [0.2, 0.25) is 0 Å². The molecule has 1 aliphatic heterocycles. The highest BCUT2D eigenvalue weighted by molar-refractivity contribution is 5.81. The maximum atomic E-state index is 12.3. The Kier molecular flexibility index (Phi) is 4.91. The van der Waals surface area contributed by atoms with Crippen LogP contribution in [0.3, 0.4) is 0 Å². The Balaban J connectivity index is 1.89. The van der Waals surface area contributed by atoms with Gasteiger partial charge >= 0.3 is 0 Å². The lowest BCUT2D eigenvalue weighted by Crippen LogP contribution is -2.47. The lowest BCUT2D eigenvalue weighted by molar-refractivity contribution is -0.134. The molecule has 1 aromatic heterocycles. The second-order valence-electron chi connectivity index (χ2n) is 5.28. The number of carbonyl (C=O) groups is 1. The van der Waals surface area contributed by atoms with Gasteiger partial charge in [0.05, 0.1) is 6.04 Å². The molecule has 0 bridgehead atoms. The van der Waals surface area contributed by atoms with E-state index >= 15 is 0 Å². The number of nitrogens with one attached hydrogen (secondary N) is 1. The van der Waals surface area contributed by atoms with Crippen LogP contribution in [0.4, 0.5) is 0 Å². The molecule has 104 valence electrons. The molecule has 4 nitrogen and oxygen atoms in total. The zero-order chi connectivity index (χ0) is 13.7. The first-order valence-electron chi connectivity index (χ1n) is 7.13. The van der Waals surface area contributed by atoms with Gasteiger partial charge in [0, 0.05) is 31.5 Å². The van der Waals surface area contributed by atoms with Crippen LogP contribution < -0.4 is 5.32 Å². The zero-order valence-corrected chi connectivity index (χ0v) is 11.8. The number of likely N-dealkylation sites (tertiary alicyclic amines) is 1. The number of piperidine rings is 1. The highest BCUT2D eigenvalue weighted by Crippen LogP contribution is 2.13. The molecule has 4 heteroatoms. The summed E-state index contributed by atoms with van der Waals surface area (Å²) in [6.07, 6.45) is 7.12. The molecule has 1 unspecified atom stereocenters. The third kappa shape index (κ3) is 3.77. The minimum atomic E-state index is -0.145. The molecule has 2 rings (SSSR count). The molecular formula is C15H23N3O. The zero-order valence-electron chi connectivity index (χ0n) is 11.8. The number of pyridine rings is 1. The van der Waals surface area contributed by atoms with Crippen LogP contribution in [0.25, 0.3) is 0 Å². The Labute approximate surface area is 115 Å². The molecule has 0 radical (unpaired) electrons. The topological polar surface area (TPSA) is 45.2 Å². The third-order valence-corrected chi connectivity index (χ3v) is 3.72. The largest absolute Gasteiger partial charge is 0.341 e. The van der Waals surface area contributed by atoms with Gasteiger partial charge in [0.25, 0.3) is 0 Å². The second kappa shape index (κ2) is 6.66. The van der Waals surface area contributed by atoms with Crippen LogP contribution in [0.1, 0.15) is 44.7 Å². The Bertz CT molecular complexity index is 401. The summed E-state index contributed by atoms with van der Waals surface area (Å²) in [5.41, 5.74) is 1.11. The maximum absolute atomic E-state index is 12.3. The van der Waals surface area contributed by atoms with E-state index < -0.39 is 0 Å². The molecule has 19 heavy (non-hydrogen) atoms. The first-order valence-corrected chi connectivity index (χ1v) is 7.13. The van der Waals surface area contributed by atoms with Gasteiger partial charge in [-0.25, -0.2) is 0 Å². The highest BCUT2D eigenvalue weighted by atomic mass is 16.2. The lowest BCUT2D eigenvalue weighted by atomic mass is 10.1. The Morgan fingerprint density at radius 2 is 2.05 bits per heavy atom. The van der Waals surface area contributed by atoms with Crippen LogP contribution in [0, 0.1) is 0 Å². The van der Waals surface area contributed by atoms with E-state index in [2.05, 4.69) is 17.2 Å². The first-order chi connectivity index (χ1) is 9.18. The van der Waals surface area contributed by atoms with Crippen molar-refractivity contribution >= 4 is 5.91 Å². The third-order valence-electron chi connectivity index (χ3n) is 3.72. The minimum Gasteiger partial charge on any atom is -0.341 e. The van der Waals surface area contributed by atoms with Gasteiger partial charge in [-0.15, -0.1) is 0 Å². The smallest absolute Gasteiger partial charge is 0.239 e. The van der Waals surface area contributed by atoms with Gasteiger partial charge in [-0.1, -0.05) is 6.07 Å².